The van der Waals surface area contributed by atoms with Crippen LogP contribution >= 0.6 is 11.3 Å². The molecule has 0 saturated carbocycles. The highest BCUT2D eigenvalue weighted by Crippen LogP contribution is 2.33. The van der Waals surface area contributed by atoms with Crippen molar-refractivity contribution in [2.75, 3.05) is 18.8 Å². The van der Waals surface area contributed by atoms with E-state index in [0.29, 0.717) is 0 Å². The molecule has 0 spiro atoms. The van der Waals surface area contributed by atoms with Gasteiger partial charge in [-0.3, -0.25) is 0 Å². The molecule has 4 rings (SSSR count). The summed E-state index contributed by atoms with van der Waals surface area (Å²) in [5.41, 5.74) is 0.750. The molecule has 1 aromatic carbocycles. The van der Waals surface area contributed by atoms with E-state index in [1.165, 1.54) is 27.8 Å². The second kappa shape index (κ2) is 7.43. The van der Waals surface area contributed by atoms with Crippen LogP contribution in [0.25, 0.3) is 5.69 Å². The third kappa shape index (κ3) is 3.64. The molecule has 0 N–H and O–H groups in total. The first-order chi connectivity index (χ1) is 13.4. The molecule has 28 heavy (non-hydrogen) atoms. The van der Waals surface area contributed by atoms with E-state index in [1.54, 1.807) is 41.3 Å². The van der Waals surface area contributed by atoms with Gasteiger partial charge in [-0.1, -0.05) is 6.07 Å². The highest BCUT2D eigenvalue weighted by molar-refractivity contribution is 7.92. The van der Waals surface area contributed by atoms with E-state index < -0.39 is 25.1 Å². The van der Waals surface area contributed by atoms with Crippen LogP contribution in [-0.2, 0) is 19.9 Å². The molecular formula is C18H19N3O4S3. The molecule has 0 radical (unpaired) electrons. The lowest BCUT2D eigenvalue weighted by atomic mass is 10.2. The van der Waals surface area contributed by atoms with Crippen molar-refractivity contribution in [3.05, 3.63) is 65.1 Å². The van der Waals surface area contributed by atoms with Crippen LogP contribution < -0.4 is 0 Å². The predicted molar refractivity (Wildman–Crippen MR) is 108 cm³/mol. The van der Waals surface area contributed by atoms with Gasteiger partial charge in [0.2, 0.25) is 10.0 Å². The Kier molecular flexibility index (Phi) is 5.13. The summed E-state index contributed by atoms with van der Waals surface area (Å²) in [4.78, 5) is 0.915. The Balaban J connectivity index is 1.58. The van der Waals surface area contributed by atoms with E-state index in [4.69, 9.17) is 0 Å². The summed E-state index contributed by atoms with van der Waals surface area (Å²) in [6.45, 7) is 0.137. The molecule has 148 valence electrons. The molecule has 7 nitrogen and oxygen atoms in total. The summed E-state index contributed by atoms with van der Waals surface area (Å²) < 4.78 is 54.3. The Bertz CT molecular complexity index is 1140. The Morgan fingerprint density at radius 1 is 1.07 bits per heavy atom. The largest absolute Gasteiger partial charge is 0.243 e. The van der Waals surface area contributed by atoms with Crippen molar-refractivity contribution in [1.82, 2.24) is 14.1 Å². The standard InChI is InChI=1S/C18H19N3O4S3/c22-27(23)14-12-20(11-8-18(27)17-3-1-13-26-17)28(24,25)16-6-4-15(5-7-16)21-10-2-9-19-21/h1-7,9-10,13,18H,8,11-12,14H2/t18-/m1/s1. The quantitative estimate of drug-likeness (QED) is 0.626. The maximum atomic E-state index is 13.1. The Morgan fingerprint density at radius 2 is 1.86 bits per heavy atom. The van der Waals surface area contributed by atoms with E-state index in [0.717, 1.165) is 10.6 Å². The first-order valence-electron chi connectivity index (χ1n) is 8.73. The molecule has 1 aliphatic heterocycles. The zero-order valence-electron chi connectivity index (χ0n) is 14.9. The molecule has 1 saturated heterocycles. The minimum atomic E-state index is -3.77. The van der Waals surface area contributed by atoms with Crippen molar-refractivity contribution in [2.24, 2.45) is 0 Å². The number of hydrogen-bond acceptors (Lipinski definition) is 6. The number of aromatic nitrogens is 2. The molecule has 2 aromatic heterocycles. The topological polar surface area (TPSA) is 89.3 Å². The van der Waals surface area contributed by atoms with Crippen molar-refractivity contribution >= 4 is 31.2 Å². The third-order valence-corrected chi connectivity index (χ3v) is 9.96. The van der Waals surface area contributed by atoms with Crippen LogP contribution in [0.2, 0.25) is 0 Å². The van der Waals surface area contributed by atoms with Gasteiger partial charge in [-0.2, -0.15) is 9.40 Å². The van der Waals surface area contributed by atoms with E-state index in [9.17, 15) is 16.8 Å². The van der Waals surface area contributed by atoms with Gasteiger partial charge in [0.05, 0.1) is 21.6 Å². The van der Waals surface area contributed by atoms with Gasteiger partial charge in [-0.25, -0.2) is 21.5 Å². The Hall–Kier alpha value is -2.01. The fourth-order valence-electron chi connectivity index (χ4n) is 3.30. The van der Waals surface area contributed by atoms with Crippen LogP contribution in [0.15, 0.2) is 65.1 Å². The third-order valence-electron chi connectivity index (χ3n) is 4.80. The van der Waals surface area contributed by atoms with Gasteiger partial charge in [-0.15, -0.1) is 11.3 Å². The van der Waals surface area contributed by atoms with Crippen molar-refractivity contribution in [3.63, 3.8) is 0 Å². The molecule has 1 atom stereocenters. The summed E-state index contributed by atoms with van der Waals surface area (Å²) in [5.74, 6) is -0.180. The molecular weight excluding hydrogens is 418 g/mol. The summed E-state index contributed by atoms with van der Waals surface area (Å²) >= 11 is 1.39. The summed E-state index contributed by atoms with van der Waals surface area (Å²) in [6.07, 6.45) is 3.67. The predicted octanol–water partition coefficient (Wildman–Crippen LogP) is 2.48. The Morgan fingerprint density at radius 3 is 2.50 bits per heavy atom. The van der Waals surface area contributed by atoms with Crippen LogP contribution in [0.4, 0.5) is 0 Å². The lowest BCUT2D eigenvalue weighted by Crippen LogP contribution is -2.33. The Labute approximate surface area is 168 Å². The van der Waals surface area contributed by atoms with Crippen LogP contribution in [-0.4, -0.2) is 49.8 Å². The van der Waals surface area contributed by atoms with E-state index in [2.05, 4.69) is 5.10 Å². The fraction of sp³-hybridized carbons (Fsp3) is 0.278. The summed E-state index contributed by atoms with van der Waals surface area (Å²) in [6, 6.07) is 11.8. The minimum absolute atomic E-state index is 0.0343. The fourth-order valence-corrected chi connectivity index (χ4v) is 7.87. The minimum Gasteiger partial charge on any atom is -0.241 e. The highest BCUT2D eigenvalue weighted by Gasteiger charge is 2.36. The number of sulfone groups is 1. The SMILES string of the molecule is O=S1(=O)CCN(S(=O)(=O)c2ccc(-n3cccn3)cc2)CC[C@@H]1c1cccs1. The van der Waals surface area contributed by atoms with Gasteiger partial charge in [0.15, 0.2) is 9.84 Å². The van der Waals surface area contributed by atoms with Crippen LogP contribution in [0.1, 0.15) is 16.5 Å². The normalized spacial score (nSPS) is 20.6. The molecule has 1 aliphatic rings. The molecule has 1 fully saturated rings. The molecule has 3 aromatic rings. The monoisotopic (exact) mass is 437 g/mol. The average Bonchev–Trinajstić information content (AvgIpc) is 3.36. The zero-order valence-corrected chi connectivity index (χ0v) is 17.3. The van der Waals surface area contributed by atoms with E-state index >= 15 is 0 Å². The van der Waals surface area contributed by atoms with Gasteiger partial charge in [-0.05, 0) is 48.2 Å². The van der Waals surface area contributed by atoms with Crippen molar-refractivity contribution in [1.29, 1.82) is 0 Å². The summed E-state index contributed by atoms with van der Waals surface area (Å²) in [7, 11) is -7.17. The van der Waals surface area contributed by atoms with Gasteiger partial charge in [0.25, 0.3) is 0 Å². The number of nitrogens with zero attached hydrogens (tertiary/aromatic N) is 3. The van der Waals surface area contributed by atoms with Gasteiger partial charge in [0.1, 0.15) is 0 Å². The first-order valence-corrected chi connectivity index (χ1v) is 12.8. The highest BCUT2D eigenvalue weighted by atomic mass is 32.2. The lowest BCUT2D eigenvalue weighted by Gasteiger charge is -2.19. The summed E-state index contributed by atoms with van der Waals surface area (Å²) in [5, 5.41) is 5.32. The molecule has 0 bridgehead atoms. The van der Waals surface area contributed by atoms with E-state index in [-0.39, 0.29) is 30.2 Å². The number of benzene rings is 1. The van der Waals surface area contributed by atoms with Crippen LogP contribution in [0.5, 0.6) is 0 Å². The average molecular weight is 438 g/mol. The first kappa shape index (κ1) is 19.3. The van der Waals surface area contributed by atoms with Crippen molar-refractivity contribution in [3.8, 4) is 5.69 Å². The lowest BCUT2D eigenvalue weighted by molar-refractivity contribution is 0.428. The van der Waals surface area contributed by atoms with Gasteiger partial charge >= 0.3 is 0 Å². The van der Waals surface area contributed by atoms with E-state index in [1.807, 2.05) is 11.4 Å². The number of thiophene rings is 1. The molecule has 0 unspecified atom stereocenters. The second-order valence-corrected chi connectivity index (χ2v) is 11.7. The molecule has 3 heterocycles. The maximum Gasteiger partial charge on any atom is 0.243 e. The van der Waals surface area contributed by atoms with Crippen LogP contribution in [0.3, 0.4) is 0 Å². The zero-order chi connectivity index (χ0) is 19.8. The smallest absolute Gasteiger partial charge is 0.241 e. The van der Waals surface area contributed by atoms with Gasteiger partial charge in [0, 0.05) is 30.4 Å². The number of sulfonamides is 1. The molecule has 10 heteroatoms. The second-order valence-electron chi connectivity index (χ2n) is 6.51. The van der Waals surface area contributed by atoms with Crippen LogP contribution in [0, 0.1) is 0 Å². The molecule has 0 amide bonds. The molecule has 0 aliphatic carbocycles. The van der Waals surface area contributed by atoms with Gasteiger partial charge < -0.3 is 0 Å². The maximum absolute atomic E-state index is 13.1. The van der Waals surface area contributed by atoms with Crippen molar-refractivity contribution < 1.29 is 16.8 Å². The van der Waals surface area contributed by atoms with Crippen molar-refractivity contribution in [2.45, 2.75) is 16.6 Å². The number of rotatable bonds is 4. The number of hydrogen-bond donors (Lipinski definition) is 0.